The summed E-state index contributed by atoms with van der Waals surface area (Å²) in [7, 11) is 1.71. The zero-order chi connectivity index (χ0) is 48.8. The predicted octanol–water partition coefficient (Wildman–Crippen LogP) is 15.0. The van der Waals surface area contributed by atoms with Gasteiger partial charge in [0.1, 0.15) is 34.5 Å². The van der Waals surface area contributed by atoms with Crippen LogP contribution in [0.15, 0.2) is 158 Å². The Morgan fingerprint density at radius 2 is 0.853 bits per heavy atom. The normalized spacial score (nSPS) is 22.1. The van der Waals surface area contributed by atoms with Crippen LogP contribution in [0.4, 0.5) is 4.79 Å². The standard InChI is InChI=1S/C25H32O3.C22H28O2.C13H10O3/c1-17(2)23-14-15-25(4,20-8-12-21(27-5)13-9-20)16-24(23)19-6-10-22(11-7-19)28-18(3)26;1-15(2)20-12-13-22(3,17-6-10-19(24)11-7-17)14-21(20)16-4-8-18(23)9-5-16;14-13(15-11-7-3-1-4-8-11)16-12-9-5-2-6-10-12/h6-13,17,23-24H,14-16H2,1-5H3;4-11,15,20-21,23-24H,12-14H2,1-3H3;1-10H. The van der Waals surface area contributed by atoms with Crippen LogP contribution < -0.4 is 18.9 Å². The van der Waals surface area contributed by atoms with Crippen molar-refractivity contribution in [3.8, 4) is 34.5 Å². The zero-order valence-corrected chi connectivity index (χ0v) is 41.1. The smallest absolute Gasteiger partial charge is 0.508 e. The summed E-state index contributed by atoms with van der Waals surface area (Å²) in [4.78, 5) is 22.5. The SMILES string of the molecule is CC(C)C1CCC(C)(c2ccc(O)cc2)CC1c1ccc(O)cc1.COc1ccc(C2(C)CCC(C(C)C)C(c3ccc(OC(C)=O)cc3)C2)cc1.O=C(Oc1ccccc1)Oc1ccccc1. The van der Waals surface area contributed by atoms with Gasteiger partial charge in [-0.05, 0) is 180 Å². The molecule has 0 amide bonds. The fourth-order valence-corrected chi connectivity index (χ4v) is 10.4. The van der Waals surface area contributed by atoms with E-state index in [4.69, 9.17) is 18.9 Å². The van der Waals surface area contributed by atoms with Crippen molar-refractivity contribution >= 4 is 12.1 Å². The van der Waals surface area contributed by atoms with Gasteiger partial charge < -0.3 is 29.2 Å². The first-order valence-corrected chi connectivity index (χ1v) is 24.1. The lowest BCUT2D eigenvalue weighted by atomic mass is 9.59. The van der Waals surface area contributed by atoms with E-state index in [9.17, 15) is 19.8 Å². The number of esters is 1. The second kappa shape index (κ2) is 23.5. The first-order chi connectivity index (χ1) is 32.6. The molecule has 0 bridgehead atoms. The highest BCUT2D eigenvalue weighted by atomic mass is 16.7. The van der Waals surface area contributed by atoms with Crippen LogP contribution in [0.3, 0.4) is 0 Å². The number of aromatic hydroxyl groups is 2. The van der Waals surface area contributed by atoms with Crippen LogP contribution in [0.1, 0.15) is 121 Å². The maximum atomic E-state index is 11.3. The average molecular weight is 919 g/mol. The molecule has 0 aromatic heterocycles. The Morgan fingerprint density at radius 1 is 0.500 bits per heavy atom. The molecule has 68 heavy (non-hydrogen) atoms. The summed E-state index contributed by atoms with van der Waals surface area (Å²) in [5.74, 6) is 6.42. The topological polar surface area (TPSA) is 112 Å². The number of carbonyl (C=O) groups excluding carboxylic acids is 2. The molecule has 358 valence electrons. The summed E-state index contributed by atoms with van der Waals surface area (Å²) >= 11 is 0. The maximum absolute atomic E-state index is 11.3. The Bertz CT molecular complexity index is 2420. The molecule has 2 aliphatic rings. The van der Waals surface area contributed by atoms with Crippen molar-refractivity contribution in [1.82, 2.24) is 0 Å². The Labute approximate surface area is 404 Å². The van der Waals surface area contributed by atoms with Gasteiger partial charge >= 0.3 is 12.1 Å². The van der Waals surface area contributed by atoms with Gasteiger partial charge in [0.15, 0.2) is 0 Å². The number of hydrogen-bond donors (Lipinski definition) is 2. The van der Waals surface area contributed by atoms with Gasteiger partial charge in [-0.3, -0.25) is 4.79 Å². The lowest BCUT2D eigenvalue weighted by Gasteiger charge is -2.45. The molecule has 8 nitrogen and oxygen atoms in total. The van der Waals surface area contributed by atoms with Gasteiger partial charge in [-0.2, -0.15) is 0 Å². The lowest BCUT2D eigenvalue weighted by Crippen LogP contribution is -2.35. The Morgan fingerprint density at radius 3 is 1.24 bits per heavy atom. The highest BCUT2D eigenvalue weighted by Gasteiger charge is 2.42. The van der Waals surface area contributed by atoms with E-state index < -0.39 is 6.16 Å². The molecule has 0 spiro atoms. The summed E-state index contributed by atoms with van der Waals surface area (Å²) in [6, 6.07) is 49.8. The molecule has 6 unspecified atom stereocenters. The number of phenols is 2. The molecule has 0 heterocycles. The quantitative estimate of drug-likeness (QED) is 0.0794. The van der Waals surface area contributed by atoms with Crippen molar-refractivity contribution in [1.29, 1.82) is 0 Å². The fourth-order valence-electron chi connectivity index (χ4n) is 10.4. The minimum Gasteiger partial charge on any atom is -0.508 e. The Balaban J connectivity index is 0.000000174. The molecule has 6 aromatic carbocycles. The number of ether oxygens (including phenoxy) is 4. The van der Waals surface area contributed by atoms with E-state index in [-0.39, 0.29) is 16.8 Å². The molecule has 0 saturated heterocycles. The van der Waals surface area contributed by atoms with Crippen LogP contribution in [0.5, 0.6) is 34.5 Å². The number of rotatable bonds is 10. The lowest BCUT2D eigenvalue weighted by molar-refractivity contribution is -0.131. The van der Waals surface area contributed by atoms with Crippen molar-refractivity contribution in [2.75, 3.05) is 7.11 Å². The summed E-state index contributed by atoms with van der Waals surface area (Å²) in [5.41, 5.74) is 5.65. The number of hydrogen-bond acceptors (Lipinski definition) is 8. The second-order valence-corrected chi connectivity index (χ2v) is 19.7. The van der Waals surface area contributed by atoms with Crippen LogP contribution in [-0.2, 0) is 15.6 Å². The van der Waals surface area contributed by atoms with Crippen molar-refractivity contribution in [2.45, 2.75) is 110 Å². The third kappa shape index (κ3) is 13.8. The number of benzene rings is 6. The molecule has 6 aromatic rings. The average Bonchev–Trinajstić information content (AvgIpc) is 3.33. The van der Waals surface area contributed by atoms with Crippen LogP contribution >= 0.6 is 0 Å². The van der Waals surface area contributed by atoms with Gasteiger partial charge in [0.25, 0.3) is 0 Å². The number of methoxy groups -OCH3 is 1. The molecule has 0 aliphatic heterocycles. The summed E-state index contributed by atoms with van der Waals surface area (Å²) < 4.78 is 20.5. The third-order valence-corrected chi connectivity index (χ3v) is 14.3. The largest absolute Gasteiger partial charge is 0.519 e. The molecule has 2 aliphatic carbocycles. The number of carbonyl (C=O) groups is 2. The predicted molar refractivity (Wildman–Crippen MR) is 271 cm³/mol. The van der Waals surface area contributed by atoms with Gasteiger partial charge in [0.2, 0.25) is 0 Å². The van der Waals surface area contributed by atoms with Crippen molar-refractivity contribution in [2.24, 2.45) is 23.7 Å². The van der Waals surface area contributed by atoms with Gasteiger partial charge in [-0.1, -0.05) is 126 Å². The van der Waals surface area contributed by atoms with E-state index >= 15 is 0 Å². The minimum absolute atomic E-state index is 0.127. The fraction of sp³-hybridized carbons (Fsp3) is 0.367. The summed E-state index contributed by atoms with van der Waals surface area (Å²) in [6.45, 7) is 15.5. The van der Waals surface area contributed by atoms with Crippen LogP contribution in [0.2, 0.25) is 0 Å². The van der Waals surface area contributed by atoms with Crippen molar-refractivity contribution in [3.63, 3.8) is 0 Å². The molecule has 2 saturated carbocycles. The van der Waals surface area contributed by atoms with E-state index in [1.54, 1.807) is 79.9 Å². The third-order valence-electron chi connectivity index (χ3n) is 14.3. The highest BCUT2D eigenvalue weighted by Crippen LogP contribution is 2.52. The monoisotopic (exact) mass is 919 g/mol. The summed E-state index contributed by atoms with van der Waals surface area (Å²) in [6.07, 6.45) is 6.29. The molecule has 8 heteroatoms. The molecular formula is C60H70O8. The van der Waals surface area contributed by atoms with E-state index in [1.165, 1.54) is 54.9 Å². The Hall–Kier alpha value is -6.54. The van der Waals surface area contributed by atoms with Crippen LogP contribution in [0, 0.1) is 23.7 Å². The molecular weight excluding hydrogens is 849 g/mol. The molecule has 2 N–H and O–H groups in total. The van der Waals surface area contributed by atoms with Gasteiger partial charge in [-0.25, -0.2) is 4.79 Å². The Kier molecular flexibility index (Phi) is 17.5. The van der Waals surface area contributed by atoms with Crippen molar-refractivity contribution < 1.29 is 38.7 Å². The minimum atomic E-state index is -0.739. The molecule has 2 fully saturated rings. The molecule has 8 rings (SSSR count). The van der Waals surface area contributed by atoms with Gasteiger partial charge in [0.05, 0.1) is 7.11 Å². The van der Waals surface area contributed by atoms with E-state index in [0.29, 0.717) is 64.3 Å². The molecule has 6 atom stereocenters. The first-order valence-electron chi connectivity index (χ1n) is 24.1. The maximum Gasteiger partial charge on any atom is 0.519 e. The number of para-hydroxylation sites is 2. The molecule has 0 radical (unpaired) electrons. The van der Waals surface area contributed by atoms with Crippen LogP contribution in [0.25, 0.3) is 0 Å². The van der Waals surface area contributed by atoms with E-state index in [2.05, 4.69) is 102 Å². The van der Waals surface area contributed by atoms with E-state index in [1.807, 2.05) is 24.3 Å². The van der Waals surface area contributed by atoms with Gasteiger partial charge in [-0.15, -0.1) is 0 Å². The zero-order valence-electron chi connectivity index (χ0n) is 41.1. The number of phenolic OH excluding ortho intramolecular Hbond substituents is 2. The van der Waals surface area contributed by atoms with Gasteiger partial charge in [0, 0.05) is 6.92 Å². The van der Waals surface area contributed by atoms with Crippen LogP contribution in [-0.4, -0.2) is 29.4 Å². The summed E-state index contributed by atoms with van der Waals surface area (Å²) in [5, 5.41) is 19.2. The van der Waals surface area contributed by atoms with E-state index in [0.717, 1.165) is 18.6 Å². The highest BCUT2D eigenvalue weighted by molar-refractivity contribution is 5.69. The second-order valence-electron chi connectivity index (χ2n) is 19.7. The van der Waals surface area contributed by atoms with Crippen molar-refractivity contribution in [3.05, 3.63) is 180 Å². The first kappa shape index (κ1) is 50.9.